The second-order valence-electron chi connectivity index (χ2n) is 3.75. The Labute approximate surface area is 110 Å². The normalized spacial score (nSPS) is 23.2. The maximum atomic E-state index is 12.2. The van der Waals surface area contributed by atoms with Gasteiger partial charge in [0.15, 0.2) is 0 Å². The maximum absolute atomic E-state index is 12.2. The zero-order chi connectivity index (χ0) is 14.6. The largest absolute Gasteiger partial charge is 0.451 e. The second-order valence-corrected chi connectivity index (χ2v) is 3.75. The summed E-state index contributed by atoms with van der Waals surface area (Å²) in [5, 5.41) is 8.77. The van der Waals surface area contributed by atoms with Gasteiger partial charge in [-0.2, -0.15) is 10.6 Å². The van der Waals surface area contributed by atoms with Gasteiger partial charge in [0, 0.05) is 7.05 Å². The summed E-state index contributed by atoms with van der Waals surface area (Å²) in [5.74, 6) is -0.500. The Bertz CT molecular complexity index is 447. The van der Waals surface area contributed by atoms with E-state index in [2.05, 4.69) is 19.8 Å². The summed E-state index contributed by atoms with van der Waals surface area (Å²) in [6.45, 7) is 3.10. The zero-order valence-electron chi connectivity index (χ0n) is 11.4. The van der Waals surface area contributed by atoms with E-state index in [0.717, 1.165) is 5.01 Å². The van der Waals surface area contributed by atoms with Crippen LogP contribution in [-0.4, -0.2) is 55.3 Å². The molecule has 0 saturated carbocycles. The van der Waals surface area contributed by atoms with Crippen LogP contribution in [0.15, 0.2) is 10.3 Å². The molecule has 1 aliphatic rings. The first-order valence-electron chi connectivity index (χ1n) is 5.34. The van der Waals surface area contributed by atoms with E-state index in [0.29, 0.717) is 5.71 Å². The minimum atomic E-state index is -1.63. The van der Waals surface area contributed by atoms with Crippen molar-refractivity contribution >= 4 is 23.4 Å². The fraction of sp³-hybridized carbons (Fsp3) is 0.600. The summed E-state index contributed by atoms with van der Waals surface area (Å²) in [4.78, 5) is 33.1. The Kier molecular flexibility index (Phi) is 4.43. The van der Waals surface area contributed by atoms with Gasteiger partial charge in [0.25, 0.3) is 11.5 Å². The molecule has 1 aliphatic heterocycles. The van der Waals surface area contributed by atoms with Crippen LogP contribution in [0.25, 0.3) is 0 Å². The third kappa shape index (κ3) is 2.50. The topological polar surface area (TPSA) is 102 Å². The van der Waals surface area contributed by atoms with Gasteiger partial charge in [-0.05, 0) is 13.8 Å². The van der Waals surface area contributed by atoms with Gasteiger partial charge in [0.2, 0.25) is 0 Å². The zero-order valence-corrected chi connectivity index (χ0v) is 11.4. The van der Waals surface area contributed by atoms with Gasteiger partial charge < -0.3 is 9.57 Å². The fourth-order valence-corrected chi connectivity index (χ4v) is 1.69. The summed E-state index contributed by atoms with van der Waals surface area (Å²) in [5.41, 5.74) is 0.895. The SMILES string of the molecule is CO/N=C(\C)C1(ONC(=O)OC)C(=O)N(C)N=C1C. The molecule has 0 saturated heterocycles. The highest BCUT2D eigenvalue weighted by Crippen LogP contribution is 2.25. The van der Waals surface area contributed by atoms with Gasteiger partial charge in [-0.1, -0.05) is 5.16 Å². The van der Waals surface area contributed by atoms with E-state index in [1.165, 1.54) is 28.2 Å². The van der Waals surface area contributed by atoms with Crippen molar-refractivity contribution in [3.05, 3.63) is 0 Å². The molecule has 1 rings (SSSR count). The molecule has 0 fully saturated rings. The first-order valence-corrected chi connectivity index (χ1v) is 5.34. The number of methoxy groups -OCH3 is 1. The molecular weight excluding hydrogens is 256 g/mol. The van der Waals surface area contributed by atoms with Crippen molar-refractivity contribution in [1.82, 2.24) is 10.5 Å². The highest BCUT2D eigenvalue weighted by atomic mass is 16.7. The number of ether oxygens (including phenoxy) is 1. The van der Waals surface area contributed by atoms with E-state index in [9.17, 15) is 9.59 Å². The van der Waals surface area contributed by atoms with Crippen molar-refractivity contribution in [2.24, 2.45) is 10.3 Å². The maximum Gasteiger partial charge on any atom is 0.431 e. The number of carbonyl (C=O) groups is 2. The van der Waals surface area contributed by atoms with E-state index < -0.39 is 17.6 Å². The van der Waals surface area contributed by atoms with E-state index in [4.69, 9.17) is 4.84 Å². The molecule has 106 valence electrons. The van der Waals surface area contributed by atoms with Crippen LogP contribution in [0, 0.1) is 0 Å². The van der Waals surface area contributed by atoms with E-state index in [1.807, 2.05) is 5.48 Å². The van der Waals surface area contributed by atoms with Crippen molar-refractivity contribution in [1.29, 1.82) is 0 Å². The van der Waals surface area contributed by atoms with E-state index in [1.54, 1.807) is 6.92 Å². The van der Waals surface area contributed by atoms with E-state index >= 15 is 0 Å². The van der Waals surface area contributed by atoms with Crippen molar-refractivity contribution in [3.63, 3.8) is 0 Å². The first-order chi connectivity index (χ1) is 8.90. The fourth-order valence-electron chi connectivity index (χ4n) is 1.69. The lowest BCUT2D eigenvalue weighted by molar-refractivity contribution is -0.143. The summed E-state index contributed by atoms with van der Waals surface area (Å²) in [6, 6.07) is 0. The number of hydrazone groups is 1. The Balaban J connectivity index is 3.12. The van der Waals surface area contributed by atoms with Gasteiger partial charge >= 0.3 is 6.09 Å². The average Bonchev–Trinajstić information content (AvgIpc) is 2.59. The summed E-state index contributed by atoms with van der Waals surface area (Å²) in [6.07, 6.45) is -0.847. The lowest BCUT2D eigenvalue weighted by atomic mass is 9.93. The van der Waals surface area contributed by atoms with Crippen molar-refractivity contribution in [2.45, 2.75) is 19.4 Å². The molecule has 9 nitrogen and oxygen atoms in total. The molecule has 0 bridgehead atoms. The number of hydrogen-bond donors (Lipinski definition) is 1. The monoisotopic (exact) mass is 272 g/mol. The molecule has 9 heteroatoms. The van der Waals surface area contributed by atoms with Gasteiger partial charge in [-0.25, -0.2) is 14.6 Å². The molecule has 0 radical (unpaired) electrons. The number of amides is 2. The molecule has 0 aromatic heterocycles. The third-order valence-electron chi connectivity index (χ3n) is 2.62. The Morgan fingerprint density at radius 3 is 2.53 bits per heavy atom. The molecule has 0 aromatic rings. The third-order valence-corrected chi connectivity index (χ3v) is 2.62. The molecule has 19 heavy (non-hydrogen) atoms. The van der Waals surface area contributed by atoms with Gasteiger partial charge in [-0.3, -0.25) is 4.79 Å². The molecule has 1 heterocycles. The standard InChI is InChI=1S/C10H16N4O5/c1-6-10(7(2)12-18-5,8(15)14(3)11-6)19-13-9(16)17-4/h1-5H3,(H,13,16)/b12-7+. The number of carbonyl (C=O) groups excluding carboxylic acids is 2. The van der Waals surface area contributed by atoms with Crippen LogP contribution in [0.2, 0.25) is 0 Å². The number of hydrogen-bond acceptors (Lipinski definition) is 7. The van der Waals surface area contributed by atoms with Gasteiger partial charge in [0.05, 0.1) is 12.8 Å². The molecule has 0 spiro atoms. The predicted molar refractivity (Wildman–Crippen MR) is 65.4 cm³/mol. The summed E-state index contributed by atoms with van der Waals surface area (Å²) in [7, 11) is 3.97. The molecule has 0 aliphatic carbocycles. The molecule has 1 atom stereocenters. The number of nitrogens with one attached hydrogen (secondary N) is 1. The van der Waals surface area contributed by atoms with Crippen molar-refractivity contribution < 1.29 is 24.0 Å². The number of oxime groups is 1. The van der Waals surface area contributed by atoms with Crippen molar-refractivity contribution in [3.8, 4) is 0 Å². The number of hydroxylamine groups is 1. The quantitative estimate of drug-likeness (QED) is 0.568. The minimum Gasteiger partial charge on any atom is -0.451 e. The number of nitrogens with zero attached hydrogens (tertiary/aromatic N) is 3. The lowest BCUT2D eigenvalue weighted by Gasteiger charge is -2.26. The Morgan fingerprint density at radius 1 is 1.47 bits per heavy atom. The Morgan fingerprint density at radius 2 is 2.11 bits per heavy atom. The number of likely N-dealkylation sites (N-methyl/N-ethyl adjacent to an activating group) is 1. The minimum absolute atomic E-state index is 0.196. The Hall–Kier alpha value is -2.16. The molecule has 1 N–H and O–H groups in total. The van der Waals surface area contributed by atoms with Crippen molar-refractivity contribution in [2.75, 3.05) is 21.3 Å². The molecule has 0 aromatic carbocycles. The summed E-state index contributed by atoms with van der Waals surface area (Å²) >= 11 is 0. The second kappa shape index (κ2) is 5.65. The smallest absolute Gasteiger partial charge is 0.431 e. The van der Waals surface area contributed by atoms with Crippen LogP contribution in [0.5, 0.6) is 0 Å². The van der Waals surface area contributed by atoms with Crippen LogP contribution in [-0.2, 0) is 19.2 Å². The van der Waals surface area contributed by atoms with Crippen LogP contribution in [0.1, 0.15) is 13.8 Å². The van der Waals surface area contributed by atoms with Crippen LogP contribution >= 0.6 is 0 Å². The number of rotatable bonds is 4. The van der Waals surface area contributed by atoms with Crippen LogP contribution < -0.4 is 5.48 Å². The van der Waals surface area contributed by atoms with Crippen LogP contribution in [0.4, 0.5) is 4.79 Å². The lowest BCUT2D eigenvalue weighted by Crippen LogP contribution is -2.56. The average molecular weight is 272 g/mol. The van der Waals surface area contributed by atoms with Crippen LogP contribution in [0.3, 0.4) is 0 Å². The predicted octanol–water partition coefficient (Wildman–Crippen LogP) is -0.117. The summed E-state index contributed by atoms with van der Waals surface area (Å²) < 4.78 is 4.38. The molecule has 2 amide bonds. The highest BCUT2D eigenvalue weighted by molar-refractivity contribution is 6.31. The highest BCUT2D eigenvalue weighted by Gasteiger charge is 2.54. The van der Waals surface area contributed by atoms with E-state index in [-0.39, 0.29) is 5.71 Å². The van der Waals surface area contributed by atoms with Gasteiger partial charge in [0.1, 0.15) is 12.8 Å². The molecular formula is C10H16N4O5. The molecule has 1 unspecified atom stereocenters. The van der Waals surface area contributed by atoms with Gasteiger partial charge in [-0.15, -0.1) is 0 Å². The first kappa shape index (κ1) is 14.9.